The second-order valence-corrected chi connectivity index (χ2v) is 7.11. The van der Waals surface area contributed by atoms with Gasteiger partial charge in [0.05, 0.1) is 10.5 Å². The summed E-state index contributed by atoms with van der Waals surface area (Å²) < 4.78 is 64.6. The van der Waals surface area contributed by atoms with Gasteiger partial charge in [-0.05, 0) is 42.2 Å². The average Bonchev–Trinajstić information content (AvgIpc) is 2.55. The van der Waals surface area contributed by atoms with E-state index in [0.29, 0.717) is 12.5 Å². The first-order valence-corrected chi connectivity index (χ1v) is 8.95. The summed E-state index contributed by atoms with van der Waals surface area (Å²) in [4.78, 5) is -0.390. The van der Waals surface area contributed by atoms with E-state index in [1.165, 1.54) is 5.56 Å². The van der Waals surface area contributed by atoms with Crippen LogP contribution in [0.3, 0.4) is 0 Å². The molecule has 24 heavy (non-hydrogen) atoms. The lowest BCUT2D eigenvalue weighted by Gasteiger charge is -2.10. The van der Waals surface area contributed by atoms with Crippen molar-refractivity contribution >= 4 is 10.0 Å². The van der Waals surface area contributed by atoms with Gasteiger partial charge in [0, 0.05) is 6.54 Å². The third-order valence-corrected chi connectivity index (χ3v) is 5.07. The minimum absolute atomic E-state index is 0.115. The number of benzene rings is 2. The quantitative estimate of drug-likeness (QED) is 0.855. The number of aryl methyl sites for hydroxylation is 1. The molecule has 3 nitrogen and oxygen atoms in total. The van der Waals surface area contributed by atoms with Crippen molar-refractivity contribution in [1.82, 2.24) is 4.72 Å². The summed E-state index contributed by atoms with van der Waals surface area (Å²) in [6, 6.07) is 11.5. The molecule has 2 aromatic rings. The lowest BCUT2D eigenvalue weighted by atomic mass is 10.1. The normalized spacial score (nSPS) is 12.3. The van der Waals surface area contributed by atoms with E-state index >= 15 is 0 Å². The average molecular weight is 357 g/mol. The lowest BCUT2D eigenvalue weighted by molar-refractivity contribution is -0.137. The first kappa shape index (κ1) is 18.5. The van der Waals surface area contributed by atoms with Crippen molar-refractivity contribution < 1.29 is 21.6 Å². The molecule has 2 rings (SSSR count). The lowest BCUT2D eigenvalue weighted by Crippen LogP contribution is -2.26. The maximum atomic E-state index is 12.7. The van der Waals surface area contributed by atoms with Gasteiger partial charge in [-0.2, -0.15) is 13.2 Å². The van der Waals surface area contributed by atoms with Crippen LogP contribution in [-0.2, 0) is 29.0 Å². The first-order chi connectivity index (χ1) is 11.2. The van der Waals surface area contributed by atoms with Crippen LogP contribution >= 0.6 is 0 Å². The molecule has 0 fully saturated rings. The van der Waals surface area contributed by atoms with Crippen molar-refractivity contribution in [3.05, 3.63) is 65.2 Å². The second kappa shape index (κ2) is 7.36. The van der Waals surface area contributed by atoms with Gasteiger partial charge in [0.1, 0.15) is 0 Å². The van der Waals surface area contributed by atoms with Crippen LogP contribution in [0.5, 0.6) is 0 Å². The van der Waals surface area contributed by atoms with Crippen LogP contribution in [0.2, 0.25) is 0 Å². The van der Waals surface area contributed by atoms with Crippen molar-refractivity contribution in [3.63, 3.8) is 0 Å². The fraction of sp³-hybridized carbons (Fsp3) is 0.294. The molecular formula is C17H18F3NO2S. The zero-order valence-electron chi connectivity index (χ0n) is 13.1. The Hall–Kier alpha value is -1.86. The first-order valence-electron chi connectivity index (χ1n) is 7.47. The molecule has 0 aromatic heterocycles. The van der Waals surface area contributed by atoms with Crippen LogP contribution in [-0.4, -0.2) is 15.0 Å². The van der Waals surface area contributed by atoms with E-state index in [1.54, 1.807) is 0 Å². The van der Waals surface area contributed by atoms with Gasteiger partial charge < -0.3 is 0 Å². The van der Waals surface area contributed by atoms with E-state index in [2.05, 4.69) is 4.72 Å². The topological polar surface area (TPSA) is 46.2 Å². The van der Waals surface area contributed by atoms with Crippen LogP contribution in [0.15, 0.2) is 53.4 Å². The van der Waals surface area contributed by atoms with Gasteiger partial charge in [-0.3, -0.25) is 0 Å². The maximum Gasteiger partial charge on any atom is 0.416 e. The van der Waals surface area contributed by atoms with Crippen molar-refractivity contribution in [2.75, 3.05) is 6.54 Å². The highest BCUT2D eigenvalue weighted by atomic mass is 32.2. The van der Waals surface area contributed by atoms with Crippen molar-refractivity contribution in [2.45, 2.75) is 30.8 Å². The molecule has 0 heterocycles. The molecule has 0 unspecified atom stereocenters. The SMILES string of the molecule is CCc1ccc(CCNS(=O)(=O)c2cccc(C(F)(F)F)c2)cc1. The Bertz CT molecular complexity index is 784. The zero-order valence-corrected chi connectivity index (χ0v) is 13.9. The third kappa shape index (κ3) is 4.82. The Morgan fingerprint density at radius 3 is 2.21 bits per heavy atom. The van der Waals surface area contributed by atoms with Crippen LogP contribution in [0.4, 0.5) is 13.2 Å². The standard InChI is InChI=1S/C17H18F3NO2S/c1-2-13-6-8-14(9-7-13)10-11-21-24(22,23)16-5-3-4-15(12-16)17(18,19)20/h3-9,12,21H,2,10-11H2,1H3. The highest BCUT2D eigenvalue weighted by Gasteiger charge is 2.31. The number of nitrogens with one attached hydrogen (secondary N) is 1. The van der Waals surface area contributed by atoms with Crippen molar-refractivity contribution in [2.24, 2.45) is 0 Å². The Labute approximate surface area is 139 Å². The summed E-state index contributed by atoms with van der Waals surface area (Å²) >= 11 is 0. The van der Waals surface area contributed by atoms with Gasteiger partial charge in [-0.15, -0.1) is 0 Å². The zero-order chi connectivity index (χ0) is 17.8. The molecule has 1 N–H and O–H groups in total. The van der Waals surface area contributed by atoms with Gasteiger partial charge in [-0.25, -0.2) is 13.1 Å². The van der Waals surface area contributed by atoms with E-state index in [-0.39, 0.29) is 6.54 Å². The van der Waals surface area contributed by atoms with Crippen LogP contribution in [0, 0.1) is 0 Å². The van der Waals surface area contributed by atoms with Crippen LogP contribution in [0.1, 0.15) is 23.6 Å². The van der Waals surface area contributed by atoms with Crippen molar-refractivity contribution in [3.8, 4) is 0 Å². The van der Waals surface area contributed by atoms with E-state index in [0.717, 1.165) is 30.2 Å². The number of alkyl halides is 3. The number of hydrogen-bond donors (Lipinski definition) is 1. The Kier molecular flexibility index (Phi) is 5.66. The molecule has 0 radical (unpaired) electrons. The molecule has 0 amide bonds. The molecular weight excluding hydrogens is 339 g/mol. The summed E-state index contributed by atoms with van der Waals surface area (Å²) in [5.74, 6) is 0. The molecule has 0 aliphatic rings. The molecule has 0 aliphatic heterocycles. The summed E-state index contributed by atoms with van der Waals surface area (Å²) in [6.45, 7) is 2.16. The summed E-state index contributed by atoms with van der Waals surface area (Å²) in [7, 11) is -3.98. The Balaban J connectivity index is 2.03. The molecule has 2 aromatic carbocycles. The predicted molar refractivity (Wildman–Crippen MR) is 86.2 cm³/mol. The van der Waals surface area contributed by atoms with Gasteiger partial charge in [0.15, 0.2) is 0 Å². The summed E-state index contributed by atoms with van der Waals surface area (Å²) in [5, 5.41) is 0. The van der Waals surface area contributed by atoms with Gasteiger partial charge >= 0.3 is 6.18 Å². The van der Waals surface area contributed by atoms with Gasteiger partial charge in [0.25, 0.3) is 0 Å². The van der Waals surface area contributed by atoms with Gasteiger partial charge in [0.2, 0.25) is 10.0 Å². The largest absolute Gasteiger partial charge is 0.416 e. The van der Waals surface area contributed by atoms with Gasteiger partial charge in [-0.1, -0.05) is 37.3 Å². The monoisotopic (exact) mass is 357 g/mol. The summed E-state index contributed by atoms with van der Waals surface area (Å²) in [6.07, 6.45) is -3.20. The number of hydrogen-bond acceptors (Lipinski definition) is 2. The molecule has 7 heteroatoms. The molecule has 0 atom stereocenters. The second-order valence-electron chi connectivity index (χ2n) is 5.34. The Morgan fingerprint density at radius 2 is 1.62 bits per heavy atom. The minimum atomic E-state index is -4.58. The van der Waals surface area contributed by atoms with E-state index in [9.17, 15) is 21.6 Å². The molecule has 0 spiro atoms. The number of sulfonamides is 1. The molecule has 0 aliphatic carbocycles. The predicted octanol–water partition coefficient (Wildman–Crippen LogP) is 3.79. The summed E-state index contributed by atoms with van der Waals surface area (Å²) in [5.41, 5.74) is 1.16. The van der Waals surface area contributed by atoms with E-state index < -0.39 is 26.7 Å². The van der Waals surface area contributed by atoms with E-state index in [4.69, 9.17) is 0 Å². The molecule has 0 saturated heterocycles. The van der Waals surface area contributed by atoms with Crippen LogP contribution < -0.4 is 4.72 Å². The highest BCUT2D eigenvalue weighted by molar-refractivity contribution is 7.89. The van der Waals surface area contributed by atoms with Crippen LogP contribution in [0.25, 0.3) is 0 Å². The fourth-order valence-electron chi connectivity index (χ4n) is 2.19. The maximum absolute atomic E-state index is 12.7. The minimum Gasteiger partial charge on any atom is -0.211 e. The van der Waals surface area contributed by atoms with E-state index in [1.807, 2.05) is 31.2 Å². The number of rotatable bonds is 6. The van der Waals surface area contributed by atoms with Crippen molar-refractivity contribution in [1.29, 1.82) is 0 Å². The molecule has 0 bridgehead atoms. The molecule has 0 saturated carbocycles. The Morgan fingerprint density at radius 1 is 1.00 bits per heavy atom. The third-order valence-electron chi connectivity index (χ3n) is 3.61. The molecule has 130 valence electrons. The number of halogens is 3. The smallest absolute Gasteiger partial charge is 0.211 e. The highest BCUT2D eigenvalue weighted by Crippen LogP contribution is 2.30. The fourth-order valence-corrected chi connectivity index (χ4v) is 3.27.